The van der Waals surface area contributed by atoms with Crippen LogP contribution in [0.5, 0.6) is 0 Å². The number of nitrogens with zero attached hydrogens (tertiary/aromatic N) is 1. The topological polar surface area (TPSA) is 553 Å². The van der Waals surface area contributed by atoms with Crippen LogP contribution >= 0.6 is 0 Å². The summed E-state index contributed by atoms with van der Waals surface area (Å²) in [5.74, 6) is -17.9. The maximum absolute atomic E-state index is 15.8. The number of aliphatic hydroxyl groups excluding tert-OH is 4. The highest BCUT2D eigenvalue weighted by Gasteiger charge is 2.47. The third-order valence-electron chi connectivity index (χ3n) is 16.0. The van der Waals surface area contributed by atoms with Gasteiger partial charge < -0.3 is 110 Å². The predicted molar refractivity (Wildman–Crippen MR) is 373 cm³/mol. The summed E-state index contributed by atoms with van der Waals surface area (Å²) in [6, 6.07) is -2.00. The van der Waals surface area contributed by atoms with Crippen LogP contribution in [-0.4, -0.2) is 219 Å². The number of alkyl carbamates (subject to hydrolysis) is 1. The Balaban J connectivity index is 2.51. The number of cyclic esters (lactones) is 1. The van der Waals surface area contributed by atoms with E-state index in [0.717, 1.165) is 6.92 Å². The van der Waals surface area contributed by atoms with Crippen LogP contribution in [0.15, 0.2) is 65.7 Å². The van der Waals surface area contributed by atoms with Gasteiger partial charge in [-0.3, -0.25) is 57.7 Å². The molecule has 103 heavy (non-hydrogen) atoms. The molecule has 35 nitrogen and oxygen atoms in total. The Morgan fingerprint density at radius 3 is 1.74 bits per heavy atom. The molecule has 574 valence electrons. The fourth-order valence-electron chi connectivity index (χ4n) is 10.1. The van der Waals surface area contributed by atoms with Crippen molar-refractivity contribution in [2.75, 3.05) is 26.3 Å². The quantitative estimate of drug-likeness (QED) is 0.0210. The van der Waals surface area contributed by atoms with Crippen LogP contribution in [0, 0.1) is 17.8 Å². The number of guanidine groups is 1. The highest BCUT2D eigenvalue weighted by atomic mass is 16.6. The van der Waals surface area contributed by atoms with Crippen molar-refractivity contribution in [2.24, 2.45) is 39.9 Å². The third-order valence-corrected chi connectivity index (χ3v) is 16.0. The molecular formula is C68H107N15O20. The van der Waals surface area contributed by atoms with E-state index in [2.05, 4.69) is 52.8 Å². The summed E-state index contributed by atoms with van der Waals surface area (Å²) in [5, 5.41) is 71.2. The number of carbonyl (C=O) groups excluding carboxylic acids is 13. The molecule has 0 bridgehead atoms. The van der Waals surface area contributed by atoms with Crippen molar-refractivity contribution in [3.63, 3.8) is 0 Å². The van der Waals surface area contributed by atoms with Crippen molar-refractivity contribution in [1.82, 2.24) is 58.5 Å². The van der Waals surface area contributed by atoms with Gasteiger partial charge >= 0.3 is 12.1 Å². The monoisotopic (exact) mass is 1450 g/mol. The van der Waals surface area contributed by atoms with Crippen LogP contribution in [-0.2, 0) is 78.2 Å². The van der Waals surface area contributed by atoms with Crippen molar-refractivity contribution in [1.29, 1.82) is 0 Å². The summed E-state index contributed by atoms with van der Waals surface area (Å²) in [6.07, 6.45) is -9.80. The molecule has 15 atom stereocenters. The molecular weight excluding hydrogens is 1350 g/mol. The maximum Gasteiger partial charge on any atom is 0.408 e. The Hall–Kier alpha value is -9.58. The summed E-state index contributed by atoms with van der Waals surface area (Å²) in [6.45, 7) is 18.1. The fourth-order valence-corrected chi connectivity index (χ4v) is 10.1. The van der Waals surface area contributed by atoms with Gasteiger partial charge in [-0.2, -0.15) is 0 Å². The van der Waals surface area contributed by atoms with Crippen molar-refractivity contribution < 1.29 is 97.0 Å². The van der Waals surface area contributed by atoms with Gasteiger partial charge in [0, 0.05) is 13.0 Å². The molecule has 0 aromatic heterocycles. The lowest BCUT2D eigenvalue weighted by molar-refractivity contribution is -0.160. The van der Waals surface area contributed by atoms with Gasteiger partial charge in [-0.05, 0) is 104 Å². The van der Waals surface area contributed by atoms with E-state index < -0.39 is 210 Å². The predicted octanol–water partition coefficient (Wildman–Crippen LogP) is -3.51. The first-order chi connectivity index (χ1) is 47.9. The number of hydrogen-bond donors (Lipinski definition) is 18. The molecule has 0 radical (unpaired) electrons. The molecule has 1 heterocycles. The number of amides is 12. The standard InChI is InChI=1S/C68H107N15O20/c1-15-36(6)45-58(94)80-46(37(7)85)57(93)73-31-44(86)78-48(51(88)53(69)89)60(96)76-43(32-84)62(98)102-52(39-25-20-17-21-26-39)49(82-63(99)68(14,33-101-66(8,9)10)83-56(92)42(30-38-23-18-16-19-24-38)77-65(100)103-67(11,12)13)61(97)81-47(50(87)35(4)5)59(95)75-41(29-34(2)3)55(91)74-40(54(90)79-45)27-22-28-72-64(70)71/h16-21,23-26,34-37,40-43,45-52,84-85,87-88H,15,22,27-33H2,1-14H3,(H2,69,89)(H,73,93)(H,74,91)(H,75,95)(H,76,96)(H,77,100)(H,78,86)(H,79,90)(H,80,94)(H,81,97)(H,82,99)(H,83,92)(H4,70,71,72)/t36-,37-,40+,41-,42+,43-,45-,46-,47-,48-,49-,50+,51-,52+,68-/m0/s1. The summed E-state index contributed by atoms with van der Waals surface area (Å²) < 4.78 is 17.7. The molecule has 2 aromatic carbocycles. The lowest BCUT2D eigenvalue weighted by atomic mass is 9.94. The minimum atomic E-state index is -2.62. The van der Waals surface area contributed by atoms with Gasteiger partial charge in [-0.1, -0.05) is 109 Å². The largest absolute Gasteiger partial charge is 0.453 e. The molecule has 2 aromatic rings. The molecule has 0 saturated carbocycles. The number of rotatable bonds is 24. The molecule has 12 amide bonds. The van der Waals surface area contributed by atoms with E-state index in [-0.39, 0.29) is 50.2 Å². The maximum atomic E-state index is 15.8. The number of nitrogens with two attached hydrogens (primary N) is 3. The second-order valence-electron chi connectivity index (χ2n) is 28.2. The highest BCUT2D eigenvalue weighted by molar-refractivity contribution is 6.01. The molecule has 0 spiro atoms. The van der Waals surface area contributed by atoms with E-state index in [4.69, 9.17) is 31.4 Å². The Bertz CT molecular complexity index is 3270. The van der Waals surface area contributed by atoms with Gasteiger partial charge in [0.15, 0.2) is 24.2 Å². The van der Waals surface area contributed by atoms with E-state index in [1.165, 1.54) is 51.1 Å². The molecule has 1 fully saturated rings. The van der Waals surface area contributed by atoms with Gasteiger partial charge in [0.2, 0.25) is 65.0 Å². The second-order valence-corrected chi connectivity index (χ2v) is 28.2. The van der Waals surface area contributed by atoms with Crippen molar-refractivity contribution in [2.45, 2.75) is 225 Å². The minimum absolute atomic E-state index is 0.0178. The Labute approximate surface area is 599 Å². The molecule has 35 heteroatoms. The lowest BCUT2D eigenvalue weighted by Gasteiger charge is -2.37. The number of aliphatic hydroxyl groups is 4. The highest BCUT2D eigenvalue weighted by Crippen LogP contribution is 2.26. The number of hydrogen-bond acceptors (Lipinski definition) is 21. The number of benzene rings is 2. The summed E-state index contributed by atoms with van der Waals surface area (Å²) in [7, 11) is 0. The zero-order valence-electron chi connectivity index (χ0n) is 60.9. The summed E-state index contributed by atoms with van der Waals surface area (Å²) >= 11 is 0. The molecule has 21 N–H and O–H groups in total. The van der Waals surface area contributed by atoms with Crippen LogP contribution in [0.2, 0.25) is 0 Å². The fraction of sp³-hybridized carbons (Fsp3) is 0.618. The first-order valence-corrected chi connectivity index (χ1v) is 33.9. The number of ether oxygens (including phenoxy) is 3. The van der Waals surface area contributed by atoms with E-state index >= 15 is 14.4 Å². The number of aliphatic imine (C=N–C) groups is 1. The third kappa shape index (κ3) is 29.0. The molecule has 1 saturated heterocycles. The van der Waals surface area contributed by atoms with Crippen LogP contribution < -0.4 is 75.7 Å². The Kier molecular flexibility index (Phi) is 34.3. The molecule has 1 aliphatic rings. The SMILES string of the molecule is CC[C@H](C)[C@@H]1NC(=O)[C@@H](CCCN=C(N)N)NC(=O)[C@H](CC(C)C)NC(=O)[C@H]([C@H](O)C(C)C)NC(=O)[C@@H](NC(=O)[C@](C)(COC(C)(C)C)NC(=O)[C@@H](Cc2ccccc2)NC(=O)OC(C)(C)C)[C@@H](c2ccccc2)OC(=O)[C@H](CO)NC(=O)[C@H]([C@H](O)C(N)=O)NC(=O)CNC(=O)[C@H]([C@H](C)O)NC1=O. The van der Waals surface area contributed by atoms with E-state index in [9.17, 15) is 68.4 Å². The number of carbonyl (C=O) groups is 13. The zero-order chi connectivity index (χ0) is 78.0. The summed E-state index contributed by atoms with van der Waals surface area (Å²) in [4.78, 5) is 191. The van der Waals surface area contributed by atoms with Crippen LogP contribution in [0.3, 0.4) is 0 Å². The first kappa shape index (κ1) is 87.6. The first-order valence-electron chi connectivity index (χ1n) is 33.9. The smallest absolute Gasteiger partial charge is 0.408 e. The number of primary amides is 1. The van der Waals surface area contributed by atoms with Crippen molar-refractivity contribution in [3.05, 3.63) is 71.8 Å². The van der Waals surface area contributed by atoms with E-state index in [0.29, 0.717) is 5.56 Å². The average Bonchev–Trinajstić information content (AvgIpc) is 0.799. The lowest BCUT2D eigenvalue weighted by Crippen LogP contribution is -2.67. The Morgan fingerprint density at radius 1 is 0.660 bits per heavy atom. The van der Waals surface area contributed by atoms with Crippen molar-refractivity contribution >= 4 is 83.0 Å². The normalized spacial score (nSPS) is 23.5. The average molecular weight is 1450 g/mol. The second kappa shape index (κ2) is 40.3. The number of esters is 1. The number of nitrogens with one attached hydrogen (secondary N) is 11. The van der Waals surface area contributed by atoms with Gasteiger partial charge in [0.25, 0.3) is 0 Å². The van der Waals surface area contributed by atoms with Gasteiger partial charge in [0.05, 0.1) is 37.6 Å². The molecule has 1 aliphatic heterocycles. The van der Waals surface area contributed by atoms with Crippen molar-refractivity contribution in [3.8, 4) is 0 Å². The zero-order valence-corrected chi connectivity index (χ0v) is 60.9. The van der Waals surface area contributed by atoms with Gasteiger partial charge in [-0.15, -0.1) is 0 Å². The summed E-state index contributed by atoms with van der Waals surface area (Å²) in [5.41, 5.74) is 12.5. The minimum Gasteiger partial charge on any atom is -0.453 e. The van der Waals surface area contributed by atoms with Crippen LogP contribution in [0.1, 0.15) is 140 Å². The molecule has 0 aliphatic carbocycles. The van der Waals surface area contributed by atoms with Crippen LogP contribution in [0.25, 0.3) is 0 Å². The van der Waals surface area contributed by atoms with Gasteiger partial charge in [-0.25, -0.2) is 9.59 Å². The Morgan fingerprint density at radius 2 is 1.20 bits per heavy atom. The van der Waals surface area contributed by atoms with E-state index in [1.807, 2.05) is 10.6 Å². The van der Waals surface area contributed by atoms with Crippen LogP contribution in [0.4, 0.5) is 4.79 Å². The molecule has 3 rings (SSSR count). The van der Waals surface area contributed by atoms with Gasteiger partial charge in [0.1, 0.15) is 59.5 Å². The van der Waals surface area contributed by atoms with E-state index in [1.54, 1.807) is 99.6 Å². The molecule has 0 unspecified atom stereocenters.